The van der Waals surface area contributed by atoms with Gasteiger partial charge in [0.05, 0.1) is 0 Å². The van der Waals surface area contributed by atoms with Crippen molar-refractivity contribution in [3.05, 3.63) is 327 Å². The summed E-state index contributed by atoms with van der Waals surface area (Å²) in [7, 11) is 0. The molecule has 0 aliphatic carbocycles. The Morgan fingerprint density at radius 2 is 0.506 bits per heavy atom. The highest BCUT2D eigenvalue weighted by Gasteiger charge is 2.20. The zero-order valence-electron chi connectivity index (χ0n) is 46.1. The average Bonchev–Trinajstić information content (AvgIpc) is 3.58. The van der Waals surface area contributed by atoms with Crippen molar-refractivity contribution in [1.29, 1.82) is 0 Å². The summed E-state index contributed by atoms with van der Waals surface area (Å²) in [4.78, 5) is 0. The van der Waals surface area contributed by atoms with E-state index in [1.807, 2.05) is 0 Å². The van der Waals surface area contributed by atoms with Crippen molar-refractivity contribution in [2.24, 2.45) is 0 Å². The van der Waals surface area contributed by atoms with Crippen molar-refractivity contribution in [3.8, 4) is 77.9 Å². The lowest BCUT2D eigenvalue weighted by Gasteiger charge is -2.19. The van der Waals surface area contributed by atoms with Crippen molar-refractivity contribution >= 4 is 75.4 Å². The molecule has 0 atom stereocenters. The molecule has 0 aliphatic heterocycles. The van der Waals surface area contributed by atoms with E-state index in [2.05, 4.69) is 328 Å². The van der Waals surface area contributed by atoms with E-state index in [0.29, 0.717) is 0 Å². The standard InChI is InChI=1S/C46H30.C37H26/c1-2-11-31(12-3-1)37-27-28-43-44(30-37)45(35-24-22-34(23-25-35)40-20-10-16-33-14-6-7-17-39(33)40)41-18-8-9-19-42(41)46(43)38-26-21-32-13-4-5-15-36(32)29-38;1-25-18-21-34-35(22-25)37(31-20-19-27-12-5-6-13-28(27)24-31)33-17-8-7-16-32(33)36(34)30-15-9-14-29(23-30)26-10-3-2-4-11-26/h1-30H;2-24H,1H3. The molecule has 83 heavy (non-hydrogen) atoms. The van der Waals surface area contributed by atoms with Gasteiger partial charge in [0, 0.05) is 0 Å². The second-order valence-electron chi connectivity index (χ2n) is 21.9. The molecule has 0 nitrogen and oxygen atoms in total. The number of hydrogen-bond acceptors (Lipinski definition) is 0. The molecule has 0 spiro atoms. The molecule has 0 unspecified atom stereocenters. The molecule has 0 fully saturated rings. The molecule has 0 aliphatic rings. The molecule has 0 heterocycles. The predicted molar refractivity (Wildman–Crippen MR) is 358 cm³/mol. The van der Waals surface area contributed by atoms with E-state index in [9.17, 15) is 0 Å². The van der Waals surface area contributed by atoms with Gasteiger partial charge in [0.25, 0.3) is 0 Å². The number of hydrogen-bond donors (Lipinski definition) is 0. The second kappa shape index (κ2) is 21.1. The van der Waals surface area contributed by atoms with Gasteiger partial charge in [-0.15, -0.1) is 0 Å². The summed E-state index contributed by atoms with van der Waals surface area (Å²) in [5.74, 6) is 0. The third kappa shape index (κ3) is 9.08. The fourth-order valence-electron chi connectivity index (χ4n) is 13.0. The molecule has 0 radical (unpaired) electrons. The Bertz CT molecular complexity index is 5120. The lowest BCUT2D eigenvalue weighted by Crippen LogP contribution is -1.92. The third-order valence-electron chi connectivity index (χ3n) is 16.9. The van der Waals surface area contributed by atoms with Gasteiger partial charge in [-0.2, -0.15) is 0 Å². The molecule has 0 aromatic heterocycles. The lowest BCUT2D eigenvalue weighted by molar-refractivity contribution is 1.51. The first-order chi connectivity index (χ1) is 41.1. The maximum atomic E-state index is 2.40. The molecule has 0 heteroatoms. The Balaban J connectivity index is 0.000000145. The SMILES string of the molecule is Cc1ccc2c(-c3cccc(-c4ccccc4)c3)c3ccccc3c(-c3ccc4ccccc4c3)c2c1.c1ccc(-c2ccc3c(-c4ccc5ccccc5c4)c4ccccc4c(-c4ccc(-c5cccc6ccccc56)cc4)c3c2)cc1. The largest absolute Gasteiger partial charge is 0.0622 e. The molecule has 16 aromatic carbocycles. The molecule has 0 amide bonds. The van der Waals surface area contributed by atoms with E-state index in [1.165, 1.54) is 159 Å². The van der Waals surface area contributed by atoms with Crippen molar-refractivity contribution in [2.45, 2.75) is 6.92 Å². The zero-order chi connectivity index (χ0) is 55.2. The van der Waals surface area contributed by atoms with Crippen LogP contribution in [0.4, 0.5) is 0 Å². The highest BCUT2D eigenvalue weighted by Crippen LogP contribution is 2.48. The fraction of sp³-hybridized carbons (Fsp3) is 0.0120. The molecule has 0 saturated heterocycles. The number of aryl methyl sites for hydroxylation is 1. The van der Waals surface area contributed by atoms with Crippen LogP contribution < -0.4 is 0 Å². The van der Waals surface area contributed by atoms with Crippen LogP contribution in [0.2, 0.25) is 0 Å². The van der Waals surface area contributed by atoms with E-state index < -0.39 is 0 Å². The summed E-state index contributed by atoms with van der Waals surface area (Å²) in [6.07, 6.45) is 0. The van der Waals surface area contributed by atoms with E-state index in [0.717, 1.165) is 0 Å². The minimum atomic E-state index is 1.22. The Kier molecular flexibility index (Phi) is 12.6. The van der Waals surface area contributed by atoms with Crippen LogP contribution in [-0.2, 0) is 0 Å². The third-order valence-corrected chi connectivity index (χ3v) is 16.9. The first kappa shape index (κ1) is 49.4. The van der Waals surface area contributed by atoms with Crippen LogP contribution in [0.1, 0.15) is 5.56 Å². The molecular weight excluding hydrogens is 997 g/mol. The van der Waals surface area contributed by atoms with Gasteiger partial charge in [0.15, 0.2) is 0 Å². The first-order valence-electron chi connectivity index (χ1n) is 28.8. The van der Waals surface area contributed by atoms with Gasteiger partial charge in [-0.25, -0.2) is 0 Å². The molecule has 0 bridgehead atoms. The van der Waals surface area contributed by atoms with Gasteiger partial charge in [0.1, 0.15) is 0 Å². The van der Waals surface area contributed by atoms with E-state index in [1.54, 1.807) is 0 Å². The molecule has 16 rings (SSSR count). The zero-order valence-corrected chi connectivity index (χ0v) is 46.1. The smallest absolute Gasteiger partial charge is 0.00261 e. The lowest BCUT2D eigenvalue weighted by atomic mass is 9.84. The fourth-order valence-corrected chi connectivity index (χ4v) is 13.0. The van der Waals surface area contributed by atoms with Crippen molar-refractivity contribution in [1.82, 2.24) is 0 Å². The highest BCUT2D eigenvalue weighted by atomic mass is 14.2. The molecule has 0 saturated carbocycles. The Morgan fingerprint density at radius 3 is 1.08 bits per heavy atom. The normalized spacial score (nSPS) is 11.4. The van der Waals surface area contributed by atoms with Gasteiger partial charge >= 0.3 is 0 Å². The van der Waals surface area contributed by atoms with E-state index >= 15 is 0 Å². The van der Waals surface area contributed by atoms with Crippen LogP contribution >= 0.6 is 0 Å². The Hall–Kier alpha value is -10.7. The second-order valence-corrected chi connectivity index (χ2v) is 21.9. The minimum absolute atomic E-state index is 1.22. The van der Waals surface area contributed by atoms with Gasteiger partial charge in [-0.3, -0.25) is 0 Å². The monoisotopic (exact) mass is 1050 g/mol. The molecule has 0 N–H and O–H groups in total. The summed E-state index contributed by atoms with van der Waals surface area (Å²) >= 11 is 0. The van der Waals surface area contributed by atoms with Crippen LogP contribution in [-0.4, -0.2) is 0 Å². The van der Waals surface area contributed by atoms with Gasteiger partial charge in [0.2, 0.25) is 0 Å². The number of rotatable bonds is 7. The summed E-state index contributed by atoms with van der Waals surface area (Å²) in [6.45, 7) is 2.19. The van der Waals surface area contributed by atoms with Gasteiger partial charge in [-0.1, -0.05) is 303 Å². The summed E-state index contributed by atoms with van der Waals surface area (Å²) in [5.41, 5.74) is 18.8. The first-order valence-corrected chi connectivity index (χ1v) is 28.8. The summed E-state index contributed by atoms with van der Waals surface area (Å²) in [5, 5.41) is 17.8. The van der Waals surface area contributed by atoms with Crippen LogP contribution in [0.15, 0.2) is 322 Å². The minimum Gasteiger partial charge on any atom is -0.0622 e. The van der Waals surface area contributed by atoms with Crippen molar-refractivity contribution in [3.63, 3.8) is 0 Å². The van der Waals surface area contributed by atoms with Gasteiger partial charge in [-0.05, 0) is 184 Å². The Morgan fingerprint density at radius 1 is 0.157 bits per heavy atom. The van der Waals surface area contributed by atoms with Crippen LogP contribution in [0.25, 0.3) is 153 Å². The number of fused-ring (bicyclic) bond motifs is 7. The molecular formula is C83H56. The maximum Gasteiger partial charge on any atom is -0.00261 e. The van der Waals surface area contributed by atoms with E-state index in [4.69, 9.17) is 0 Å². The Labute approximate surface area is 484 Å². The number of benzene rings is 16. The van der Waals surface area contributed by atoms with Crippen molar-refractivity contribution in [2.75, 3.05) is 0 Å². The van der Waals surface area contributed by atoms with Crippen molar-refractivity contribution < 1.29 is 0 Å². The molecule has 16 aromatic rings. The van der Waals surface area contributed by atoms with Crippen LogP contribution in [0.5, 0.6) is 0 Å². The van der Waals surface area contributed by atoms with E-state index in [-0.39, 0.29) is 0 Å². The summed E-state index contributed by atoms with van der Waals surface area (Å²) < 4.78 is 0. The van der Waals surface area contributed by atoms with Gasteiger partial charge < -0.3 is 0 Å². The topological polar surface area (TPSA) is 0 Å². The maximum absolute atomic E-state index is 2.40. The average molecular weight is 1050 g/mol. The quantitative estimate of drug-likeness (QED) is 0.140. The predicted octanol–water partition coefficient (Wildman–Crippen LogP) is 23.4. The summed E-state index contributed by atoms with van der Waals surface area (Å²) in [6, 6.07) is 118. The van der Waals surface area contributed by atoms with Crippen LogP contribution in [0.3, 0.4) is 0 Å². The molecule has 388 valence electrons. The van der Waals surface area contributed by atoms with Crippen LogP contribution in [0, 0.1) is 6.92 Å². The highest BCUT2D eigenvalue weighted by molar-refractivity contribution is 6.24.